The van der Waals surface area contributed by atoms with Gasteiger partial charge in [-0.05, 0) is 63.2 Å². The number of nitrogens with zero attached hydrogens (tertiary/aromatic N) is 2. The van der Waals surface area contributed by atoms with Crippen molar-refractivity contribution in [2.75, 3.05) is 11.6 Å². The fraction of sp³-hybridized carbons (Fsp3) is 0.167. The Balaban J connectivity index is 1.56. The van der Waals surface area contributed by atoms with E-state index in [1.54, 1.807) is 0 Å². The van der Waals surface area contributed by atoms with Gasteiger partial charge >= 0.3 is 0 Å². The third kappa shape index (κ3) is 4.37. The summed E-state index contributed by atoms with van der Waals surface area (Å²) in [7, 11) is -3.30. The molecule has 0 aliphatic heterocycles. The zero-order chi connectivity index (χ0) is 23.0. The molecule has 0 saturated heterocycles. The van der Waals surface area contributed by atoms with Crippen LogP contribution in [-0.4, -0.2) is 30.1 Å². The van der Waals surface area contributed by atoms with Gasteiger partial charge in [0, 0.05) is 39.8 Å². The lowest BCUT2D eigenvalue weighted by Crippen LogP contribution is -2.12. The van der Waals surface area contributed by atoms with E-state index in [-0.39, 0.29) is 10.8 Å². The van der Waals surface area contributed by atoms with E-state index in [1.807, 2.05) is 5.38 Å². The van der Waals surface area contributed by atoms with E-state index in [1.165, 1.54) is 41.2 Å². The van der Waals surface area contributed by atoms with E-state index in [0.717, 1.165) is 34.6 Å². The second-order valence-corrected chi connectivity index (χ2v) is 10.6. The number of amides is 1. The number of hydrogen-bond donors (Lipinski definition) is 1. The summed E-state index contributed by atoms with van der Waals surface area (Å²) in [5.41, 5.74) is 6.66. The van der Waals surface area contributed by atoms with Gasteiger partial charge in [-0.15, -0.1) is 11.3 Å². The van der Waals surface area contributed by atoms with Gasteiger partial charge in [-0.1, -0.05) is 17.7 Å². The number of nitrogens with one attached hydrogen (secondary N) is 1. The molecule has 0 aliphatic carbocycles. The number of carbonyl (C=O) groups is 1. The lowest BCUT2D eigenvalue weighted by molar-refractivity contribution is 0.102. The van der Waals surface area contributed by atoms with Gasteiger partial charge in [0.2, 0.25) is 0 Å². The van der Waals surface area contributed by atoms with Crippen molar-refractivity contribution >= 4 is 32.2 Å². The second-order valence-electron chi connectivity index (χ2n) is 7.74. The Morgan fingerprint density at radius 3 is 2.28 bits per heavy atom. The summed E-state index contributed by atoms with van der Waals surface area (Å²) >= 11 is 1.35. The largest absolute Gasteiger partial charge is 0.318 e. The monoisotopic (exact) mass is 465 g/mol. The van der Waals surface area contributed by atoms with Crippen LogP contribution in [0.25, 0.3) is 16.9 Å². The summed E-state index contributed by atoms with van der Waals surface area (Å²) in [4.78, 5) is 17.3. The molecule has 0 bridgehead atoms. The Morgan fingerprint density at radius 1 is 1.00 bits per heavy atom. The maximum Gasteiger partial charge on any atom is 0.257 e. The third-order valence-corrected chi connectivity index (χ3v) is 7.15. The van der Waals surface area contributed by atoms with E-state index in [0.29, 0.717) is 10.7 Å². The fourth-order valence-corrected chi connectivity index (χ4v) is 4.93. The zero-order valence-electron chi connectivity index (χ0n) is 18.2. The molecule has 6 nitrogen and oxygen atoms in total. The number of carbonyl (C=O) groups excluding carboxylic acids is 1. The van der Waals surface area contributed by atoms with Crippen LogP contribution in [0.2, 0.25) is 0 Å². The van der Waals surface area contributed by atoms with Gasteiger partial charge in [-0.3, -0.25) is 10.1 Å². The molecule has 4 aromatic rings. The van der Waals surface area contributed by atoms with Crippen molar-refractivity contribution in [2.24, 2.45) is 0 Å². The molecule has 8 heteroatoms. The SMILES string of the molecule is Cc1ccc(-n2c(C)cc(-c3csc(NC(=O)c4ccc(S(C)(=O)=O)cc4)n3)c2C)cc1. The zero-order valence-corrected chi connectivity index (χ0v) is 19.8. The summed E-state index contributed by atoms with van der Waals surface area (Å²) in [6.07, 6.45) is 1.13. The number of aryl methyl sites for hydroxylation is 2. The second kappa shape index (κ2) is 8.37. The topological polar surface area (TPSA) is 81.1 Å². The highest BCUT2D eigenvalue weighted by Crippen LogP contribution is 2.32. The van der Waals surface area contributed by atoms with Crippen molar-refractivity contribution in [1.82, 2.24) is 9.55 Å². The van der Waals surface area contributed by atoms with Crippen LogP contribution in [0, 0.1) is 20.8 Å². The highest BCUT2D eigenvalue weighted by Gasteiger charge is 2.16. The van der Waals surface area contributed by atoms with E-state index < -0.39 is 9.84 Å². The predicted molar refractivity (Wildman–Crippen MR) is 129 cm³/mol. The highest BCUT2D eigenvalue weighted by atomic mass is 32.2. The molecule has 2 aromatic heterocycles. The predicted octanol–water partition coefficient (Wildman–Crippen LogP) is 5.18. The Labute approximate surface area is 191 Å². The summed E-state index contributed by atoms with van der Waals surface area (Å²) < 4.78 is 25.4. The smallest absolute Gasteiger partial charge is 0.257 e. The van der Waals surface area contributed by atoms with Gasteiger partial charge in [0.25, 0.3) is 5.91 Å². The average molecular weight is 466 g/mol. The first-order chi connectivity index (χ1) is 15.1. The molecule has 0 spiro atoms. The Bertz CT molecular complexity index is 1400. The molecule has 0 atom stereocenters. The third-order valence-electron chi connectivity index (χ3n) is 5.27. The molecule has 1 amide bonds. The standard InChI is InChI=1S/C24H23N3O3S2/c1-15-5-9-19(10-6-15)27-16(2)13-21(17(27)3)22-14-31-24(25-22)26-23(28)18-7-11-20(12-8-18)32(4,29)30/h5-14H,1-4H3,(H,25,26,28). The average Bonchev–Trinajstić information content (AvgIpc) is 3.32. The molecule has 0 saturated carbocycles. The first-order valence-corrected chi connectivity index (χ1v) is 12.7. The Morgan fingerprint density at radius 2 is 1.66 bits per heavy atom. The summed E-state index contributed by atoms with van der Waals surface area (Å²) in [6.45, 7) is 6.18. The number of thiazole rings is 1. The minimum absolute atomic E-state index is 0.175. The quantitative estimate of drug-likeness (QED) is 0.440. The van der Waals surface area contributed by atoms with Crippen molar-refractivity contribution in [1.29, 1.82) is 0 Å². The molecular formula is C24H23N3O3S2. The number of anilines is 1. The van der Waals surface area contributed by atoms with Gasteiger partial charge in [-0.2, -0.15) is 0 Å². The Hall–Kier alpha value is -3.23. The molecule has 0 unspecified atom stereocenters. The van der Waals surface area contributed by atoms with Crippen LogP contribution in [-0.2, 0) is 9.84 Å². The number of hydrogen-bond acceptors (Lipinski definition) is 5. The number of benzene rings is 2. The van der Waals surface area contributed by atoms with Crippen LogP contribution in [0.5, 0.6) is 0 Å². The van der Waals surface area contributed by atoms with Gasteiger partial charge in [0.1, 0.15) is 0 Å². The summed E-state index contributed by atoms with van der Waals surface area (Å²) in [5, 5.41) is 5.20. The highest BCUT2D eigenvalue weighted by molar-refractivity contribution is 7.90. The van der Waals surface area contributed by atoms with E-state index >= 15 is 0 Å². The van der Waals surface area contributed by atoms with E-state index in [2.05, 4.69) is 66.0 Å². The van der Waals surface area contributed by atoms with Gasteiger partial charge in [0.15, 0.2) is 15.0 Å². The van der Waals surface area contributed by atoms with Crippen LogP contribution in [0.15, 0.2) is 64.9 Å². The molecule has 0 fully saturated rings. The molecule has 0 aliphatic rings. The van der Waals surface area contributed by atoms with Crippen LogP contribution < -0.4 is 5.32 Å². The molecule has 1 N–H and O–H groups in total. The molecule has 4 rings (SSSR count). The minimum atomic E-state index is -3.30. The van der Waals surface area contributed by atoms with E-state index in [4.69, 9.17) is 0 Å². The maximum absolute atomic E-state index is 12.6. The maximum atomic E-state index is 12.6. The van der Waals surface area contributed by atoms with Gasteiger partial charge < -0.3 is 4.57 Å². The van der Waals surface area contributed by atoms with Crippen LogP contribution in [0.4, 0.5) is 5.13 Å². The molecule has 32 heavy (non-hydrogen) atoms. The van der Waals surface area contributed by atoms with Gasteiger partial charge in [-0.25, -0.2) is 13.4 Å². The first-order valence-electron chi connectivity index (χ1n) is 9.97. The first kappa shape index (κ1) is 22.0. The van der Waals surface area contributed by atoms with Crippen molar-refractivity contribution in [3.63, 3.8) is 0 Å². The van der Waals surface area contributed by atoms with Crippen molar-refractivity contribution < 1.29 is 13.2 Å². The molecule has 2 heterocycles. The Kier molecular flexibility index (Phi) is 5.75. The lowest BCUT2D eigenvalue weighted by Gasteiger charge is -2.10. The molecule has 164 valence electrons. The van der Waals surface area contributed by atoms with Crippen LogP contribution >= 0.6 is 11.3 Å². The van der Waals surface area contributed by atoms with Gasteiger partial charge in [0.05, 0.1) is 10.6 Å². The summed E-state index contributed by atoms with van der Waals surface area (Å²) in [5.74, 6) is -0.337. The van der Waals surface area contributed by atoms with Crippen molar-refractivity contribution in [3.05, 3.63) is 82.5 Å². The normalized spacial score (nSPS) is 11.5. The van der Waals surface area contributed by atoms with Crippen LogP contribution in [0.1, 0.15) is 27.3 Å². The minimum Gasteiger partial charge on any atom is -0.318 e. The van der Waals surface area contributed by atoms with Crippen molar-refractivity contribution in [2.45, 2.75) is 25.7 Å². The van der Waals surface area contributed by atoms with Crippen molar-refractivity contribution in [3.8, 4) is 16.9 Å². The molecule has 0 radical (unpaired) electrons. The number of sulfone groups is 1. The lowest BCUT2D eigenvalue weighted by atomic mass is 10.2. The van der Waals surface area contributed by atoms with Crippen LogP contribution in [0.3, 0.4) is 0 Å². The number of aromatic nitrogens is 2. The van der Waals surface area contributed by atoms with E-state index in [9.17, 15) is 13.2 Å². The number of rotatable bonds is 5. The summed E-state index contributed by atoms with van der Waals surface area (Å²) in [6, 6.07) is 16.3. The molecular weight excluding hydrogens is 442 g/mol. The molecule has 2 aromatic carbocycles. The fourth-order valence-electron chi connectivity index (χ4n) is 3.59.